The second kappa shape index (κ2) is 10.9. The van der Waals surface area contributed by atoms with Crippen LogP contribution in [0.5, 0.6) is 0 Å². The Kier molecular flexibility index (Phi) is 6.99. The molecule has 6 rings (SSSR count). The zero-order chi connectivity index (χ0) is 27.6. The normalized spacial score (nSPS) is 15.5. The molecule has 0 radical (unpaired) electrons. The first-order valence-corrected chi connectivity index (χ1v) is 13.6. The minimum absolute atomic E-state index is 0.00392. The van der Waals surface area contributed by atoms with Crippen LogP contribution in [0.4, 0.5) is 10.1 Å². The summed E-state index contributed by atoms with van der Waals surface area (Å²) >= 11 is 0. The van der Waals surface area contributed by atoms with Gasteiger partial charge >= 0.3 is 0 Å². The highest BCUT2D eigenvalue weighted by atomic mass is 19.1. The molecule has 0 saturated carbocycles. The number of nitrogens with zero attached hydrogens (tertiary/aromatic N) is 3. The number of benzene rings is 3. The first kappa shape index (κ1) is 25.7. The zero-order valence-corrected chi connectivity index (χ0v) is 22.0. The van der Waals surface area contributed by atoms with Gasteiger partial charge in [-0.25, -0.2) is 4.39 Å². The van der Waals surface area contributed by atoms with Gasteiger partial charge in [-0.1, -0.05) is 36.4 Å². The molecule has 0 aliphatic carbocycles. The predicted octanol–water partition coefficient (Wildman–Crippen LogP) is 4.75. The highest BCUT2D eigenvalue weighted by Crippen LogP contribution is 2.34. The van der Waals surface area contributed by atoms with Crippen molar-refractivity contribution in [2.24, 2.45) is 5.92 Å². The Morgan fingerprint density at radius 1 is 0.925 bits per heavy atom. The molecule has 202 valence electrons. The van der Waals surface area contributed by atoms with E-state index in [-0.39, 0.29) is 36.0 Å². The van der Waals surface area contributed by atoms with Gasteiger partial charge in [0.25, 0.3) is 11.8 Å². The number of pyridine rings is 1. The van der Waals surface area contributed by atoms with E-state index in [4.69, 9.17) is 0 Å². The summed E-state index contributed by atoms with van der Waals surface area (Å²) in [6.45, 7) is 1.82. The third-order valence-corrected chi connectivity index (χ3v) is 7.77. The van der Waals surface area contributed by atoms with Crippen molar-refractivity contribution in [3.63, 3.8) is 0 Å². The molecule has 1 saturated heterocycles. The van der Waals surface area contributed by atoms with E-state index < -0.39 is 0 Å². The van der Waals surface area contributed by atoms with E-state index in [1.54, 1.807) is 18.3 Å². The fourth-order valence-electron chi connectivity index (χ4n) is 5.66. The lowest BCUT2D eigenvalue weighted by Gasteiger charge is -2.33. The number of nitrogens with one attached hydrogen (secondary N) is 1. The zero-order valence-electron chi connectivity index (χ0n) is 22.0. The number of halogens is 1. The number of hydrogen-bond donors (Lipinski definition) is 1. The maximum atomic E-state index is 13.5. The monoisotopic (exact) mass is 536 g/mol. The molecule has 3 aromatic carbocycles. The lowest BCUT2D eigenvalue weighted by molar-refractivity contribution is -0.125. The first-order valence-electron chi connectivity index (χ1n) is 13.6. The Morgan fingerprint density at radius 3 is 2.55 bits per heavy atom. The van der Waals surface area contributed by atoms with Gasteiger partial charge < -0.3 is 10.2 Å². The summed E-state index contributed by atoms with van der Waals surface area (Å²) in [5.74, 6) is -1.02. The quantitative estimate of drug-likeness (QED) is 0.345. The molecule has 0 atom stereocenters. The van der Waals surface area contributed by atoms with Crippen LogP contribution in [0.1, 0.15) is 44.7 Å². The maximum Gasteiger partial charge on any atom is 0.263 e. The van der Waals surface area contributed by atoms with Crippen LogP contribution < -0.4 is 10.2 Å². The van der Waals surface area contributed by atoms with Crippen molar-refractivity contribution in [1.82, 2.24) is 15.2 Å². The second-order valence-corrected chi connectivity index (χ2v) is 10.4. The highest BCUT2D eigenvalue weighted by molar-refractivity contribution is 6.23. The van der Waals surface area contributed by atoms with Crippen LogP contribution in [0.3, 0.4) is 0 Å². The Bertz CT molecular complexity index is 1610. The molecule has 1 aromatic heterocycles. The van der Waals surface area contributed by atoms with E-state index in [0.717, 1.165) is 27.7 Å². The number of carbonyl (C=O) groups excluding carboxylic acids is 3. The van der Waals surface area contributed by atoms with Crippen molar-refractivity contribution >= 4 is 34.3 Å². The van der Waals surface area contributed by atoms with E-state index in [9.17, 15) is 18.8 Å². The summed E-state index contributed by atoms with van der Waals surface area (Å²) in [7, 11) is 0. The van der Waals surface area contributed by atoms with Gasteiger partial charge in [0.05, 0.1) is 28.9 Å². The molecule has 8 heteroatoms. The van der Waals surface area contributed by atoms with Crippen molar-refractivity contribution in [1.29, 1.82) is 0 Å². The molecule has 3 amide bonds. The predicted molar refractivity (Wildman–Crippen MR) is 150 cm³/mol. The number of piperidine rings is 1. The third kappa shape index (κ3) is 5.04. The molecule has 40 heavy (non-hydrogen) atoms. The largest absolute Gasteiger partial charge is 0.371 e. The summed E-state index contributed by atoms with van der Waals surface area (Å²) in [4.78, 5) is 47.4. The van der Waals surface area contributed by atoms with Gasteiger partial charge in [-0.3, -0.25) is 24.3 Å². The lowest BCUT2D eigenvalue weighted by atomic mass is 9.94. The van der Waals surface area contributed by atoms with Crippen LogP contribution in [0.15, 0.2) is 79.0 Å². The molecule has 7 nitrogen and oxygen atoms in total. The molecule has 2 aliphatic rings. The Balaban J connectivity index is 1.09. The van der Waals surface area contributed by atoms with E-state index in [1.165, 1.54) is 17.0 Å². The number of anilines is 1. The SMILES string of the molecule is O=C(NCCc1cccc(F)c1)C1CCN(c2cccc3c2C(=O)N(Cc2cnc4ccccc4c2)C3=O)CC1. The number of aromatic nitrogens is 1. The van der Waals surface area contributed by atoms with Crippen LogP contribution in [-0.4, -0.2) is 47.2 Å². The molecular formula is C32H29FN4O3. The molecule has 3 heterocycles. The van der Waals surface area contributed by atoms with E-state index >= 15 is 0 Å². The smallest absolute Gasteiger partial charge is 0.263 e. The lowest BCUT2D eigenvalue weighted by Crippen LogP contribution is -2.41. The van der Waals surface area contributed by atoms with Gasteiger partial charge in [0.15, 0.2) is 0 Å². The average Bonchev–Trinajstić information content (AvgIpc) is 3.22. The van der Waals surface area contributed by atoms with Crippen LogP contribution in [0, 0.1) is 11.7 Å². The fourth-order valence-corrected chi connectivity index (χ4v) is 5.66. The standard InChI is InChI=1S/C32H29FN4O3/c33-25-7-3-5-21(18-25)11-14-34-30(38)23-12-15-36(16-13-23)28-10-4-8-26-29(28)32(40)37(31(26)39)20-22-17-24-6-1-2-9-27(24)35-19-22/h1-10,17-19,23H,11-16,20H2,(H,34,38). The number of fused-ring (bicyclic) bond motifs is 2. The highest BCUT2D eigenvalue weighted by Gasteiger charge is 2.39. The van der Waals surface area contributed by atoms with Crippen LogP contribution in [-0.2, 0) is 17.8 Å². The number of rotatable bonds is 7. The summed E-state index contributed by atoms with van der Waals surface area (Å²) in [6.07, 6.45) is 3.56. The van der Waals surface area contributed by atoms with Crippen molar-refractivity contribution in [3.05, 3.63) is 107 Å². The number of carbonyl (C=O) groups is 3. The van der Waals surface area contributed by atoms with Gasteiger partial charge in [0.2, 0.25) is 5.91 Å². The second-order valence-electron chi connectivity index (χ2n) is 10.4. The van der Waals surface area contributed by atoms with E-state index in [1.807, 2.05) is 48.5 Å². The summed E-state index contributed by atoms with van der Waals surface area (Å²) in [5, 5.41) is 3.94. The average molecular weight is 537 g/mol. The molecule has 1 N–H and O–H groups in total. The minimum atomic E-state index is -0.305. The van der Waals surface area contributed by atoms with Crippen LogP contribution in [0.2, 0.25) is 0 Å². The molecule has 0 unspecified atom stereocenters. The van der Waals surface area contributed by atoms with Crippen molar-refractivity contribution in [3.8, 4) is 0 Å². The molecular weight excluding hydrogens is 507 g/mol. The fraction of sp³-hybridized carbons (Fsp3) is 0.250. The summed E-state index contributed by atoms with van der Waals surface area (Å²) in [6, 6.07) is 21.5. The minimum Gasteiger partial charge on any atom is -0.371 e. The molecule has 1 fully saturated rings. The molecule has 4 aromatic rings. The van der Waals surface area contributed by atoms with Gasteiger partial charge in [0, 0.05) is 37.1 Å². The van der Waals surface area contributed by atoms with Crippen LogP contribution >= 0.6 is 0 Å². The van der Waals surface area contributed by atoms with E-state index in [2.05, 4.69) is 15.2 Å². The Morgan fingerprint density at radius 2 is 1.73 bits per heavy atom. The third-order valence-electron chi connectivity index (χ3n) is 7.77. The van der Waals surface area contributed by atoms with E-state index in [0.29, 0.717) is 50.0 Å². The summed E-state index contributed by atoms with van der Waals surface area (Å²) in [5.41, 5.74) is 4.07. The van der Waals surface area contributed by atoms with Crippen molar-refractivity contribution in [2.75, 3.05) is 24.5 Å². The van der Waals surface area contributed by atoms with Gasteiger partial charge in [-0.15, -0.1) is 0 Å². The first-order chi connectivity index (χ1) is 19.5. The molecule has 2 aliphatic heterocycles. The number of para-hydroxylation sites is 1. The van der Waals surface area contributed by atoms with Crippen LogP contribution in [0.25, 0.3) is 10.9 Å². The maximum absolute atomic E-state index is 13.5. The Hall–Kier alpha value is -4.59. The summed E-state index contributed by atoms with van der Waals surface area (Å²) < 4.78 is 13.4. The number of hydrogen-bond acceptors (Lipinski definition) is 5. The topological polar surface area (TPSA) is 82.6 Å². The Labute approximate surface area is 231 Å². The van der Waals surface area contributed by atoms with Gasteiger partial charge in [-0.2, -0.15) is 0 Å². The van der Waals surface area contributed by atoms with Gasteiger partial charge in [-0.05, 0) is 66.8 Å². The molecule has 0 bridgehead atoms. The van der Waals surface area contributed by atoms with Crippen molar-refractivity contribution < 1.29 is 18.8 Å². The molecule has 0 spiro atoms. The number of amides is 3. The van der Waals surface area contributed by atoms with Gasteiger partial charge in [0.1, 0.15) is 5.82 Å². The number of imide groups is 1. The van der Waals surface area contributed by atoms with Crippen molar-refractivity contribution in [2.45, 2.75) is 25.8 Å².